The zero-order chi connectivity index (χ0) is 18.0. The first-order valence-electron chi connectivity index (χ1n) is 7.95. The summed E-state index contributed by atoms with van der Waals surface area (Å²) >= 11 is 0. The van der Waals surface area contributed by atoms with Gasteiger partial charge in [-0.1, -0.05) is 6.42 Å². The molecule has 1 aromatic rings. The topological polar surface area (TPSA) is 93.2 Å². The van der Waals surface area contributed by atoms with Crippen LogP contribution in [0.15, 0.2) is 12.4 Å². The lowest BCUT2D eigenvalue weighted by Crippen LogP contribution is -2.47. The van der Waals surface area contributed by atoms with Crippen LogP contribution in [-0.4, -0.2) is 39.3 Å². The molecular weight excluding hydrogens is 325 g/mol. The molecule has 136 valence electrons. The summed E-state index contributed by atoms with van der Waals surface area (Å²) in [6.45, 7) is -0.298. The molecule has 1 fully saturated rings. The van der Waals surface area contributed by atoms with Crippen LogP contribution < -0.4 is 11.1 Å². The van der Waals surface area contributed by atoms with Crippen LogP contribution in [0.5, 0.6) is 0 Å². The van der Waals surface area contributed by atoms with Crippen molar-refractivity contribution in [3.8, 4) is 0 Å². The molecule has 6 nitrogen and oxygen atoms in total. The fourth-order valence-corrected chi connectivity index (χ4v) is 3.12. The minimum atomic E-state index is -4.90. The molecule has 1 aliphatic rings. The summed E-state index contributed by atoms with van der Waals surface area (Å²) in [5.74, 6) is -1.08. The molecule has 1 aromatic heterocycles. The molecule has 24 heavy (non-hydrogen) atoms. The molecule has 1 aliphatic carbocycles. The van der Waals surface area contributed by atoms with Crippen molar-refractivity contribution < 1.29 is 23.1 Å². The Morgan fingerprint density at radius 1 is 1.50 bits per heavy atom. The van der Waals surface area contributed by atoms with Gasteiger partial charge in [0.1, 0.15) is 5.82 Å². The average Bonchev–Trinajstić information content (AvgIpc) is 2.92. The zero-order valence-electron chi connectivity index (χ0n) is 13.5. The van der Waals surface area contributed by atoms with E-state index in [2.05, 4.69) is 10.3 Å². The number of hydrogen-bond donors (Lipinski definition) is 3. The number of carbonyl (C=O) groups excluding carboxylic acids is 1. The third-order valence-electron chi connectivity index (χ3n) is 4.53. The Bertz CT molecular complexity index is 575. The normalized spacial score (nSPS) is 24.4. The maximum absolute atomic E-state index is 13.3. The minimum Gasteiger partial charge on any atom is -0.374 e. The van der Waals surface area contributed by atoms with Crippen LogP contribution in [0.25, 0.3) is 0 Å². The van der Waals surface area contributed by atoms with Crippen molar-refractivity contribution in [2.24, 2.45) is 18.7 Å². The monoisotopic (exact) mass is 348 g/mol. The van der Waals surface area contributed by atoms with E-state index in [9.17, 15) is 23.1 Å². The fraction of sp³-hybridized carbons (Fsp3) is 0.733. The lowest BCUT2D eigenvalue weighted by Gasteiger charge is -2.30. The summed E-state index contributed by atoms with van der Waals surface area (Å²) in [5.41, 5.74) is 2.71. The Morgan fingerprint density at radius 3 is 2.75 bits per heavy atom. The molecule has 1 heterocycles. The van der Waals surface area contributed by atoms with E-state index in [-0.39, 0.29) is 24.4 Å². The lowest BCUT2D eigenvalue weighted by atomic mass is 9.85. The van der Waals surface area contributed by atoms with E-state index < -0.39 is 24.0 Å². The molecule has 1 saturated carbocycles. The second-order valence-corrected chi connectivity index (χ2v) is 6.38. The van der Waals surface area contributed by atoms with Crippen molar-refractivity contribution in [1.29, 1.82) is 0 Å². The smallest absolute Gasteiger partial charge is 0.374 e. The quantitative estimate of drug-likeness (QED) is 0.745. The number of imidazole rings is 1. The Kier molecular flexibility index (Phi) is 5.54. The first-order valence-corrected chi connectivity index (χ1v) is 7.95. The summed E-state index contributed by atoms with van der Waals surface area (Å²) in [5, 5.41) is 12.7. The summed E-state index contributed by atoms with van der Waals surface area (Å²) in [6.07, 6.45) is -0.176. The molecule has 0 aliphatic heterocycles. The van der Waals surface area contributed by atoms with Crippen LogP contribution in [-0.2, 0) is 17.4 Å². The summed E-state index contributed by atoms with van der Waals surface area (Å²) in [7, 11) is 1.38. The van der Waals surface area contributed by atoms with Crippen LogP contribution in [0.1, 0.15) is 37.9 Å². The number of aliphatic hydroxyl groups is 1. The molecule has 0 radical (unpaired) electrons. The van der Waals surface area contributed by atoms with Crippen LogP contribution >= 0.6 is 0 Å². The number of hydrogen-bond acceptors (Lipinski definition) is 4. The number of halogens is 3. The number of aromatic nitrogens is 2. The number of rotatable bonds is 5. The molecule has 4 N–H and O–H groups in total. The maximum atomic E-state index is 13.3. The van der Waals surface area contributed by atoms with E-state index in [1.807, 2.05) is 0 Å². The zero-order valence-corrected chi connectivity index (χ0v) is 13.5. The van der Waals surface area contributed by atoms with Gasteiger partial charge in [-0.05, 0) is 19.3 Å². The van der Waals surface area contributed by atoms with Gasteiger partial charge in [-0.2, -0.15) is 13.2 Å². The number of aryl methyl sites for hydroxylation is 1. The molecule has 0 spiro atoms. The summed E-state index contributed by atoms with van der Waals surface area (Å²) in [4.78, 5) is 15.7. The molecule has 0 bridgehead atoms. The maximum Gasteiger partial charge on any atom is 0.424 e. The largest absolute Gasteiger partial charge is 0.424 e. The van der Waals surface area contributed by atoms with Crippen LogP contribution in [0.2, 0.25) is 0 Å². The van der Waals surface area contributed by atoms with Gasteiger partial charge in [0.2, 0.25) is 11.5 Å². The number of nitrogens with zero attached hydrogens (tertiary/aromatic N) is 2. The highest BCUT2D eigenvalue weighted by Crippen LogP contribution is 2.40. The fourth-order valence-electron chi connectivity index (χ4n) is 3.12. The van der Waals surface area contributed by atoms with Gasteiger partial charge in [0.15, 0.2) is 0 Å². The highest BCUT2D eigenvalue weighted by Gasteiger charge is 2.57. The lowest BCUT2D eigenvalue weighted by molar-refractivity contribution is -0.272. The van der Waals surface area contributed by atoms with E-state index >= 15 is 0 Å². The van der Waals surface area contributed by atoms with Crippen molar-refractivity contribution >= 4 is 5.91 Å². The highest BCUT2D eigenvalue weighted by molar-refractivity contribution is 5.78. The standard InChI is InChI=1S/C15H23F3N4O2/c1-22-8-7-21-13(22)14(24,15(16,17)18)5-6-20-12(23)10-3-2-4-11(19)9-10/h7-8,10-11,24H,2-6,9,19H2,1H3,(H,20,23)/t10-,11+,14+/m0/s1. The van der Waals surface area contributed by atoms with Gasteiger partial charge in [0.25, 0.3) is 0 Å². The first-order chi connectivity index (χ1) is 11.1. The van der Waals surface area contributed by atoms with Crippen molar-refractivity contribution in [2.75, 3.05) is 6.54 Å². The van der Waals surface area contributed by atoms with Crippen molar-refractivity contribution in [3.05, 3.63) is 18.2 Å². The number of alkyl halides is 3. The number of amides is 1. The SMILES string of the molecule is Cn1ccnc1[C@](O)(CCNC(=O)[C@H]1CCC[C@@H](N)C1)C(F)(F)F. The molecule has 2 rings (SSSR count). The van der Waals surface area contributed by atoms with Gasteiger partial charge in [-0.3, -0.25) is 4.79 Å². The predicted octanol–water partition coefficient (Wildman–Crippen LogP) is 1.19. The average molecular weight is 348 g/mol. The van der Waals surface area contributed by atoms with Gasteiger partial charge < -0.3 is 20.7 Å². The van der Waals surface area contributed by atoms with Gasteiger partial charge in [0, 0.05) is 44.4 Å². The molecule has 0 aromatic carbocycles. The molecule has 3 atom stereocenters. The van der Waals surface area contributed by atoms with Crippen LogP contribution in [0.4, 0.5) is 13.2 Å². The van der Waals surface area contributed by atoms with Crippen LogP contribution in [0, 0.1) is 5.92 Å². The second kappa shape index (κ2) is 7.10. The van der Waals surface area contributed by atoms with Crippen molar-refractivity contribution in [3.63, 3.8) is 0 Å². The van der Waals surface area contributed by atoms with Gasteiger partial charge in [0.05, 0.1) is 0 Å². The predicted molar refractivity (Wildman–Crippen MR) is 80.7 cm³/mol. The Hall–Kier alpha value is -1.61. The molecular formula is C15H23F3N4O2. The minimum absolute atomic E-state index is 0.0471. The Labute approximate surface area is 138 Å². The number of carbonyl (C=O) groups is 1. The third kappa shape index (κ3) is 3.89. The highest BCUT2D eigenvalue weighted by atomic mass is 19.4. The summed E-state index contributed by atoms with van der Waals surface area (Å²) in [6, 6.07) is -0.0471. The second-order valence-electron chi connectivity index (χ2n) is 6.38. The molecule has 0 saturated heterocycles. The van der Waals surface area contributed by atoms with Crippen molar-refractivity contribution in [2.45, 2.75) is 49.9 Å². The van der Waals surface area contributed by atoms with Gasteiger partial charge in [-0.25, -0.2) is 4.98 Å². The number of nitrogens with two attached hydrogens (primary N) is 1. The molecule has 9 heteroatoms. The van der Waals surface area contributed by atoms with Gasteiger partial charge in [-0.15, -0.1) is 0 Å². The van der Waals surface area contributed by atoms with E-state index in [0.717, 1.165) is 17.4 Å². The molecule has 1 amide bonds. The third-order valence-corrected chi connectivity index (χ3v) is 4.53. The molecule has 0 unspecified atom stereocenters. The van der Waals surface area contributed by atoms with E-state index in [4.69, 9.17) is 5.73 Å². The summed E-state index contributed by atoms with van der Waals surface area (Å²) < 4.78 is 41.2. The van der Waals surface area contributed by atoms with E-state index in [0.29, 0.717) is 12.8 Å². The Morgan fingerprint density at radius 2 is 2.21 bits per heavy atom. The first kappa shape index (κ1) is 18.7. The van der Waals surface area contributed by atoms with Crippen molar-refractivity contribution in [1.82, 2.24) is 14.9 Å². The Balaban J connectivity index is 1.99. The van der Waals surface area contributed by atoms with Crippen LogP contribution in [0.3, 0.4) is 0 Å². The van der Waals surface area contributed by atoms with E-state index in [1.165, 1.54) is 19.4 Å². The number of nitrogens with one attached hydrogen (secondary N) is 1. The van der Waals surface area contributed by atoms with E-state index in [1.54, 1.807) is 0 Å². The van der Waals surface area contributed by atoms with Gasteiger partial charge >= 0.3 is 6.18 Å².